The molecule has 3 rings (SSSR count). The zero-order valence-electron chi connectivity index (χ0n) is 16.1. The Morgan fingerprint density at radius 1 is 1.11 bits per heavy atom. The van der Waals surface area contributed by atoms with Crippen LogP contribution in [0.15, 0.2) is 48.5 Å². The summed E-state index contributed by atoms with van der Waals surface area (Å²) in [6.07, 6.45) is 0.841. The number of fused-ring (bicyclic) bond motifs is 1. The molecule has 0 aliphatic carbocycles. The Bertz CT molecular complexity index is 832. The van der Waals surface area contributed by atoms with Crippen molar-refractivity contribution in [2.24, 2.45) is 5.92 Å². The van der Waals surface area contributed by atoms with Gasteiger partial charge in [-0.15, -0.1) is 0 Å². The lowest BCUT2D eigenvalue weighted by Gasteiger charge is -2.27. The molecule has 0 saturated carbocycles. The topological polar surface area (TPSA) is 58.6 Å². The molecule has 27 heavy (non-hydrogen) atoms. The van der Waals surface area contributed by atoms with Gasteiger partial charge in [0, 0.05) is 12.2 Å². The molecular weight excluding hydrogens is 340 g/mol. The van der Waals surface area contributed by atoms with Crippen LogP contribution in [0.2, 0.25) is 0 Å². The minimum Gasteiger partial charge on any atom is -0.493 e. The molecule has 5 heteroatoms. The van der Waals surface area contributed by atoms with Crippen LogP contribution in [0.1, 0.15) is 36.7 Å². The zero-order chi connectivity index (χ0) is 19.4. The minimum atomic E-state index is -0.599. The molecule has 2 aromatic rings. The second-order valence-corrected chi connectivity index (χ2v) is 6.99. The van der Waals surface area contributed by atoms with Gasteiger partial charge in [-0.25, -0.2) is 0 Å². The number of nitrogens with zero attached hydrogens (tertiary/aromatic N) is 1. The predicted octanol–water partition coefficient (Wildman–Crippen LogP) is 3.43. The molecule has 142 valence electrons. The van der Waals surface area contributed by atoms with E-state index in [1.54, 1.807) is 23.1 Å². The summed E-state index contributed by atoms with van der Waals surface area (Å²) < 4.78 is 5.55. The van der Waals surface area contributed by atoms with Crippen LogP contribution < -0.4 is 15.0 Å². The number of ether oxygens (including phenoxy) is 1. The molecule has 1 heterocycles. The van der Waals surface area contributed by atoms with Gasteiger partial charge in [0.1, 0.15) is 11.8 Å². The van der Waals surface area contributed by atoms with Gasteiger partial charge in [0.15, 0.2) is 0 Å². The van der Waals surface area contributed by atoms with Crippen LogP contribution >= 0.6 is 0 Å². The van der Waals surface area contributed by atoms with Gasteiger partial charge in [0.05, 0.1) is 12.2 Å². The second kappa shape index (κ2) is 8.25. The number of benzene rings is 2. The van der Waals surface area contributed by atoms with E-state index in [4.69, 9.17) is 4.74 Å². The summed E-state index contributed by atoms with van der Waals surface area (Å²) in [4.78, 5) is 27.9. The molecule has 2 aromatic carbocycles. The summed E-state index contributed by atoms with van der Waals surface area (Å²) in [7, 11) is 0. The Morgan fingerprint density at radius 3 is 2.56 bits per heavy atom. The zero-order valence-corrected chi connectivity index (χ0v) is 16.1. The predicted molar refractivity (Wildman–Crippen MR) is 106 cm³/mol. The van der Waals surface area contributed by atoms with Crippen molar-refractivity contribution in [2.75, 3.05) is 18.1 Å². The van der Waals surface area contributed by atoms with E-state index < -0.39 is 6.04 Å². The van der Waals surface area contributed by atoms with Crippen molar-refractivity contribution in [1.82, 2.24) is 5.32 Å². The fourth-order valence-corrected chi connectivity index (χ4v) is 3.40. The van der Waals surface area contributed by atoms with Crippen LogP contribution in [-0.4, -0.2) is 31.0 Å². The first kappa shape index (κ1) is 19.0. The molecule has 1 unspecified atom stereocenters. The molecule has 0 saturated heterocycles. The van der Waals surface area contributed by atoms with Gasteiger partial charge >= 0.3 is 0 Å². The quantitative estimate of drug-likeness (QED) is 0.852. The highest BCUT2D eigenvalue weighted by Gasteiger charge is 2.33. The van der Waals surface area contributed by atoms with Crippen molar-refractivity contribution >= 4 is 17.5 Å². The van der Waals surface area contributed by atoms with Crippen LogP contribution in [0.5, 0.6) is 5.75 Å². The first-order chi connectivity index (χ1) is 13.0. The van der Waals surface area contributed by atoms with Crippen molar-refractivity contribution < 1.29 is 14.3 Å². The standard InChI is InChI=1S/C22H26N2O3/c1-4-27-19-12-8-6-10-17(19)21(25)23-20(15(2)3)22(26)24-14-13-16-9-5-7-11-18(16)24/h5-12,15,20H,4,13-14H2,1-3H3,(H,23,25). The smallest absolute Gasteiger partial charge is 0.255 e. The highest BCUT2D eigenvalue weighted by molar-refractivity contribution is 6.04. The number of carbonyl (C=O) groups excluding carboxylic acids is 2. The SMILES string of the molecule is CCOc1ccccc1C(=O)NC(C(=O)N1CCc2ccccc21)C(C)C. The minimum absolute atomic E-state index is 0.0338. The molecule has 1 aliphatic heterocycles. The van der Waals surface area contributed by atoms with E-state index in [-0.39, 0.29) is 17.7 Å². The van der Waals surface area contributed by atoms with E-state index in [2.05, 4.69) is 5.32 Å². The number of hydrogen-bond acceptors (Lipinski definition) is 3. The van der Waals surface area contributed by atoms with E-state index in [1.807, 2.05) is 51.1 Å². The van der Waals surface area contributed by atoms with E-state index in [0.29, 0.717) is 24.5 Å². The molecule has 0 aromatic heterocycles. The number of carbonyl (C=O) groups is 2. The molecule has 5 nitrogen and oxygen atoms in total. The molecule has 0 bridgehead atoms. The molecule has 1 aliphatic rings. The average Bonchev–Trinajstić information content (AvgIpc) is 3.10. The van der Waals surface area contributed by atoms with Crippen LogP contribution in [0.25, 0.3) is 0 Å². The Kier molecular flexibility index (Phi) is 5.79. The summed E-state index contributed by atoms with van der Waals surface area (Å²) in [5.74, 6) is 0.128. The molecule has 0 spiro atoms. The van der Waals surface area contributed by atoms with Crippen LogP contribution in [0.4, 0.5) is 5.69 Å². The van der Waals surface area contributed by atoms with Gasteiger partial charge in [-0.1, -0.05) is 44.2 Å². The third kappa shape index (κ3) is 3.97. The fraction of sp³-hybridized carbons (Fsp3) is 0.364. The lowest BCUT2D eigenvalue weighted by atomic mass is 10.0. The van der Waals surface area contributed by atoms with Crippen molar-refractivity contribution in [3.8, 4) is 5.75 Å². The Hall–Kier alpha value is -2.82. The summed E-state index contributed by atoms with van der Waals surface area (Å²) in [5.41, 5.74) is 2.55. The van der Waals surface area contributed by atoms with Crippen molar-refractivity contribution in [2.45, 2.75) is 33.2 Å². The number of anilines is 1. The number of nitrogens with one attached hydrogen (secondary N) is 1. The van der Waals surface area contributed by atoms with Crippen molar-refractivity contribution in [3.63, 3.8) is 0 Å². The molecule has 1 N–H and O–H groups in total. The van der Waals surface area contributed by atoms with Crippen LogP contribution in [-0.2, 0) is 11.2 Å². The summed E-state index contributed by atoms with van der Waals surface area (Å²) in [5, 5.41) is 2.93. The third-order valence-electron chi connectivity index (χ3n) is 4.80. The number of hydrogen-bond donors (Lipinski definition) is 1. The van der Waals surface area contributed by atoms with Gasteiger partial charge in [0.2, 0.25) is 5.91 Å². The number of para-hydroxylation sites is 2. The lowest BCUT2D eigenvalue weighted by molar-refractivity contribution is -0.121. The molecule has 0 radical (unpaired) electrons. The first-order valence-electron chi connectivity index (χ1n) is 9.45. The second-order valence-electron chi connectivity index (χ2n) is 6.99. The summed E-state index contributed by atoms with van der Waals surface area (Å²) >= 11 is 0. The number of rotatable bonds is 6. The van der Waals surface area contributed by atoms with Gasteiger partial charge in [0.25, 0.3) is 5.91 Å². The van der Waals surface area contributed by atoms with Gasteiger partial charge in [-0.2, -0.15) is 0 Å². The maximum atomic E-state index is 13.2. The van der Waals surface area contributed by atoms with Crippen molar-refractivity contribution in [3.05, 3.63) is 59.7 Å². The van der Waals surface area contributed by atoms with Crippen LogP contribution in [0.3, 0.4) is 0 Å². The maximum absolute atomic E-state index is 13.2. The first-order valence-corrected chi connectivity index (χ1v) is 9.45. The lowest BCUT2D eigenvalue weighted by Crippen LogP contribution is -2.51. The highest BCUT2D eigenvalue weighted by atomic mass is 16.5. The van der Waals surface area contributed by atoms with Crippen LogP contribution in [0, 0.1) is 5.92 Å². The monoisotopic (exact) mass is 366 g/mol. The molecule has 0 fully saturated rings. The number of amides is 2. The molecular formula is C22H26N2O3. The van der Waals surface area contributed by atoms with E-state index in [9.17, 15) is 9.59 Å². The summed E-state index contributed by atoms with van der Waals surface area (Å²) in [6, 6.07) is 14.4. The fourth-order valence-electron chi connectivity index (χ4n) is 3.40. The van der Waals surface area contributed by atoms with Gasteiger partial charge in [-0.3, -0.25) is 9.59 Å². The highest BCUT2D eigenvalue weighted by Crippen LogP contribution is 2.29. The molecule has 1 atom stereocenters. The van der Waals surface area contributed by atoms with E-state index >= 15 is 0 Å². The summed E-state index contributed by atoms with van der Waals surface area (Å²) in [6.45, 7) is 6.88. The normalized spacial score (nSPS) is 14.0. The van der Waals surface area contributed by atoms with Gasteiger partial charge in [-0.05, 0) is 43.0 Å². The Balaban J connectivity index is 1.81. The Morgan fingerprint density at radius 2 is 1.81 bits per heavy atom. The molecule has 2 amide bonds. The van der Waals surface area contributed by atoms with Crippen molar-refractivity contribution in [1.29, 1.82) is 0 Å². The largest absolute Gasteiger partial charge is 0.493 e. The third-order valence-corrected chi connectivity index (χ3v) is 4.80. The van der Waals surface area contributed by atoms with E-state index in [1.165, 1.54) is 5.56 Å². The average molecular weight is 366 g/mol. The van der Waals surface area contributed by atoms with E-state index in [0.717, 1.165) is 12.1 Å². The Labute approximate surface area is 160 Å². The maximum Gasteiger partial charge on any atom is 0.255 e. The van der Waals surface area contributed by atoms with Gasteiger partial charge < -0.3 is 15.0 Å².